The third-order valence-corrected chi connectivity index (χ3v) is 4.35. The fraction of sp³-hybridized carbons (Fsp3) is 0.300. The molecule has 0 radical (unpaired) electrons. The maximum Gasteiger partial charge on any atom is 0.319 e. The number of nitrogens with one attached hydrogen (secondary N) is 3. The summed E-state index contributed by atoms with van der Waals surface area (Å²) in [4.78, 5) is 23.9. The number of rotatable bonds is 6. The van der Waals surface area contributed by atoms with Crippen molar-refractivity contribution in [2.45, 2.75) is 19.5 Å². The Morgan fingerprint density at radius 3 is 2.22 bits per heavy atom. The molecular weight excluding hydrogens is 349 g/mol. The zero-order valence-corrected chi connectivity index (χ0v) is 14.8. The van der Waals surface area contributed by atoms with Gasteiger partial charge in [0, 0.05) is 25.4 Å². The summed E-state index contributed by atoms with van der Waals surface area (Å²) in [7, 11) is 0. The molecule has 142 valence electrons. The van der Waals surface area contributed by atoms with Crippen LogP contribution in [0.3, 0.4) is 0 Å². The summed E-state index contributed by atoms with van der Waals surface area (Å²) in [5.74, 6) is -0.360. The first-order chi connectivity index (χ1) is 13.1. The van der Waals surface area contributed by atoms with Crippen LogP contribution < -0.4 is 16.0 Å². The minimum atomic E-state index is -0.346. The summed E-state index contributed by atoms with van der Waals surface area (Å²) >= 11 is 0. The number of amides is 3. The van der Waals surface area contributed by atoms with E-state index in [4.69, 9.17) is 4.74 Å². The summed E-state index contributed by atoms with van der Waals surface area (Å²) in [5, 5.41) is 8.34. The van der Waals surface area contributed by atoms with Crippen molar-refractivity contribution in [1.29, 1.82) is 0 Å². The zero-order chi connectivity index (χ0) is 19.1. The van der Waals surface area contributed by atoms with Gasteiger partial charge in [-0.15, -0.1) is 0 Å². The van der Waals surface area contributed by atoms with Crippen molar-refractivity contribution in [3.63, 3.8) is 0 Å². The molecule has 0 aromatic heterocycles. The van der Waals surface area contributed by atoms with Crippen LogP contribution in [0.15, 0.2) is 48.5 Å². The summed E-state index contributed by atoms with van der Waals surface area (Å²) in [6.07, 6.45) is 0.766. The summed E-state index contributed by atoms with van der Waals surface area (Å²) in [6.45, 7) is 1.87. The molecule has 1 aliphatic rings. The fourth-order valence-electron chi connectivity index (χ4n) is 2.74. The fourth-order valence-corrected chi connectivity index (χ4v) is 2.74. The van der Waals surface area contributed by atoms with Gasteiger partial charge in [-0.25, -0.2) is 9.18 Å². The summed E-state index contributed by atoms with van der Waals surface area (Å²) < 4.78 is 18.1. The Bertz CT molecular complexity index is 772. The predicted octanol–water partition coefficient (Wildman–Crippen LogP) is 2.80. The first-order valence-electron chi connectivity index (χ1n) is 8.84. The van der Waals surface area contributed by atoms with Gasteiger partial charge in [0.05, 0.1) is 12.5 Å². The molecule has 1 fully saturated rings. The molecule has 1 unspecified atom stereocenters. The van der Waals surface area contributed by atoms with Gasteiger partial charge in [-0.3, -0.25) is 4.79 Å². The van der Waals surface area contributed by atoms with Gasteiger partial charge in [-0.1, -0.05) is 24.3 Å². The Balaban J connectivity index is 1.42. The number of benzene rings is 2. The summed E-state index contributed by atoms with van der Waals surface area (Å²) in [5.41, 5.74) is 2.40. The highest BCUT2D eigenvalue weighted by Gasteiger charge is 2.22. The number of ether oxygens (including phenoxy) is 1. The van der Waals surface area contributed by atoms with E-state index >= 15 is 0 Å². The van der Waals surface area contributed by atoms with Crippen molar-refractivity contribution in [2.75, 3.05) is 18.5 Å². The van der Waals surface area contributed by atoms with Crippen molar-refractivity contribution in [2.24, 2.45) is 5.92 Å². The third-order valence-electron chi connectivity index (χ3n) is 4.35. The molecule has 1 atom stereocenters. The highest BCUT2D eigenvalue weighted by atomic mass is 19.1. The van der Waals surface area contributed by atoms with Crippen LogP contribution >= 0.6 is 0 Å². The van der Waals surface area contributed by atoms with Crippen molar-refractivity contribution in [3.05, 3.63) is 65.5 Å². The van der Waals surface area contributed by atoms with Crippen LogP contribution in [0.5, 0.6) is 0 Å². The van der Waals surface area contributed by atoms with Gasteiger partial charge in [-0.05, 0) is 41.8 Å². The van der Waals surface area contributed by atoms with Gasteiger partial charge in [0.2, 0.25) is 5.91 Å². The van der Waals surface area contributed by atoms with E-state index in [1.807, 2.05) is 12.1 Å². The van der Waals surface area contributed by atoms with Gasteiger partial charge in [0.1, 0.15) is 5.82 Å². The lowest BCUT2D eigenvalue weighted by molar-refractivity contribution is -0.125. The van der Waals surface area contributed by atoms with E-state index in [1.54, 1.807) is 24.3 Å². The second kappa shape index (κ2) is 9.14. The van der Waals surface area contributed by atoms with Gasteiger partial charge in [-0.2, -0.15) is 0 Å². The molecule has 6 nitrogen and oxygen atoms in total. The Morgan fingerprint density at radius 2 is 1.59 bits per heavy atom. The standard InChI is InChI=1S/C20H22FN3O3/c21-17-5-1-14(2-6-17)12-23-20(26)24-18-7-3-15(4-8-18)11-22-19(25)16-9-10-27-13-16/h1-8,16H,9-13H2,(H,22,25)(H2,23,24,26). The van der Waals surface area contributed by atoms with E-state index in [1.165, 1.54) is 12.1 Å². The number of carbonyl (C=O) groups is 2. The van der Waals surface area contributed by atoms with Crippen LogP contribution in [0, 0.1) is 11.7 Å². The molecule has 7 heteroatoms. The monoisotopic (exact) mass is 371 g/mol. The van der Waals surface area contributed by atoms with Crippen LogP contribution in [0.4, 0.5) is 14.9 Å². The highest BCUT2D eigenvalue weighted by Crippen LogP contribution is 2.13. The van der Waals surface area contributed by atoms with Crippen molar-refractivity contribution >= 4 is 17.6 Å². The van der Waals surface area contributed by atoms with E-state index in [9.17, 15) is 14.0 Å². The first-order valence-corrected chi connectivity index (χ1v) is 8.84. The molecule has 0 bridgehead atoms. The Labute approximate surface area is 157 Å². The molecule has 3 N–H and O–H groups in total. The number of urea groups is 1. The Kier molecular flexibility index (Phi) is 6.38. The topological polar surface area (TPSA) is 79.5 Å². The minimum Gasteiger partial charge on any atom is -0.381 e. The van der Waals surface area contributed by atoms with Gasteiger partial charge in [0.15, 0.2) is 0 Å². The van der Waals surface area contributed by atoms with E-state index in [0.29, 0.717) is 32.0 Å². The number of hydrogen-bond donors (Lipinski definition) is 3. The molecule has 2 aromatic rings. The Morgan fingerprint density at radius 1 is 0.963 bits per heavy atom. The number of hydrogen-bond acceptors (Lipinski definition) is 3. The first kappa shape index (κ1) is 18.8. The smallest absolute Gasteiger partial charge is 0.319 e. The third kappa shape index (κ3) is 5.79. The van der Waals surface area contributed by atoms with Crippen LogP contribution in [-0.4, -0.2) is 25.2 Å². The van der Waals surface area contributed by atoms with Crippen LogP contribution in [0.25, 0.3) is 0 Å². The molecule has 27 heavy (non-hydrogen) atoms. The molecular formula is C20H22FN3O3. The van der Waals surface area contributed by atoms with Crippen LogP contribution in [0.2, 0.25) is 0 Å². The number of carbonyl (C=O) groups excluding carboxylic acids is 2. The molecule has 3 rings (SSSR count). The van der Waals surface area contributed by atoms with Crippen molar-refractivity contribution < 1.29 is 18.7 Å². The molecule has 0 saturated carbocycles. The molecule has 0 spiro atoms. The largest absolute Gasteiger partial charge is 0.381 e. The molecule has 3 amide bonds. The SMILES string of the molecule is O=C(NCc1ccc(F)cc1)Nc1ccc(CNC(=O)C2CCOC2)cc1. The number of anilines is 1. The normalized spacial score (nSPS) is 16.0. The maximum atomic E-state index is 12.9. The van der Waals surface area contributed by atoms with E-state index in [-0.39, 0.29) is 23.7 Å². The Hall–Kier alpha value is -2.93. The summed E-state index contributed by atoms with van der Waals surface area (Å²) in [6, 6.07) is 12.9. The minimum absolute atomic E-state index is 0.00914. The van der Waals surface area contributed by atoms with Crippen LogP contribution in [-0.2, 0) is 22.6 Å². The van der Waals surface area contributed by atoms with Gasteiger partial charge < -0.3 is 20.7 Å². The lowest BCUT2D eigenvalue weighted by atomic mass is 10.1. The highest BCUT2D eigenvalue weighted by molar-refractivity contribution is 5.89. The maximum absolute atomic E-state index is 12.9. The second-order valence-corrected chi connectivity index (χ2v) is 6.41. The van der Waals surface area contributed by atoms with E-state index in [0.717, 1.165) is 17.5 Å². The van der Waals surface area contributed by atoms with Crippen molar-refractivity contribution in [1.82, 2.24) is 10.6 Å². The molecule has 2 aromatic carbocycles. The van der Waals surface area contributed by atoms with Gasteiger partial charge >= 0.3 is 6.03 Å². The second-order valence-electron chi connectivity index (χ2n) is 6.41. The number of halogens is 1. The average molecular weight is 371 g/mol. The van der Waals surface area contributed by atoms with Gasteiger partial charge in [0.25, 0.3) is 0 Å². The average Bonchev–Trinajstić information content (AvgIpc) is 3.22. The predicted molar refractivity (Wildman–Crippen MR) is 99.5 cm³/mol. The zero-order valence-electron chi connectivity index (χ0n) is 14.8. The van der Waals surface area contributed by atoms with Crippen LogP contribution in [0.1, 0.15) is 17.5 Å². The van der Waals surface area contributed by atoms with Crippen molar-refractivity contribution in [3.8, 4) is 0 Å². The molecule has 1 saturated heterocycles. The molecule has 1 aliphatic heterocycles. The molecule has 1 heterocycles. The lowest BCUT2D eigenvalue weighted by Gasteiger charge is -2.11. The van der Waals surface area contributed by atoms with E-state index < -0.39 is 0 Å². The lowest BCUT2D eigenvalue weighted by Crippen LogP contribution is -2.30. The quantitative estimate of drug-likeness (QED) is 0.731. The van der Waals surface area contributed by atoms with E-state index in [2.05, 4.69) is 16.0 Å². The molecule has 0 aliphatic carbocycles.